The summed E-state index contributed by atoms with van der Waals surface area (Å²) in [7, 11) is 0. The van der Waals surface area contributed by atoms with Crippen LogP contribution in [0.5, 0.6) is 0 Å². The topological polar surface area (TPSA) is 29.1 Å². The fourth-order valence-electron chi connectivity index (χ4n) is 1.17. The van der Waals surface area contributed by atoms with Gasteiger partial charge in [0.15, 0.2) is 0 Å². The van der Waals surface area contributed by atoms with Crippen LogP contribution in [0.15, 0.2) is 36.9 Å². The number of rotatable bonds is 3. The summed E-state index contributed by atoms with van der Waals surface area (Å²) in [6.07, 6.45) is 1.69. The number of carbonyl (C=O) groups is 1. The Kier molecular flexibility index (Phi) is 3.72. The average Bonchev–Trinajstić information content (AvgIpc) is 2.15. The van der Waals surface area contributed by atoms with Crippen LogP contribution in [0, 0.1) is 0 Å². The van der Waals surface area contributed by atoms with Gasteiger partial charge in [-0.2, -0.15) is 0 Å². The van der Waals surface area contributed by atoms with E-state index in [0.29, 0.717) is 5.02 Å². The summed E-state index contributed by atoms with van der Waals surface area (Å²) < 4.78 is 0. The van der Waals surface area contributed by atoms with Crippen LogP contribution >= 0.6 is 11.6 Å². The molecule has 0 bridgehead atoms. The van der Waals surface area contributed by atoms with E-state index in [0.717, 1.165) is 5.56 Å². The first-order valence-electron chi connectivity index (χ1n) is 4.28. The molecule has 0 saturated heterocycles. The highest BCUT2D eigenvalue weighted by Crippen LogP contribution is 2.16. The van der Waals surface area contributed by atoms with Crippen molar-refractivity contribution >= 4 is 17.5 Å². The van der Waals surface area contributed by atoms with E-state index in [-0.39, 0.29) is 11.9 Å². The highest BCUT2D eigenvalue weighted by atomic mass is 35.5. The molecule has 0 aliphatic heterocycles. The Morgan fingerprint density at radius 3 is 2.50 bits per heavy atom. The summed E-state index contributed by atoms with van der Waals surface area (Å²) in [5.41, 5.74) is 0.972. The molecule has 1 aromatic carbocycles. The van der Waals surface area contributed by atoms with E-state index in [1.807, 2.05) is 12.1 Å². The molecule has 0 aromatic heterocycles. The van der Waals surface area contributed by atoms with Crippen molar-refractivity contribution in [2.24, 2.45) is 0 Å². The van der Waals surface area contributed by atoms with Crippen LogP contribution in [0.4, 0.5) is 0 Å². The fourth-order valence-corrected chi connectivity index (χ4v) is 1.29. The molecule has 3 heteroatoms. The van der Waals surface area contributed by atoms with Crippen LogP contribution in [-0.2, 0) is 4.79 Å². The van der Waals surface area contributed by atoms with Gasteiger partial charge in [-0.05, 0) is 17.7 Å². The second kappa shape index (κ2) is 4.82. The Hall–Kier alpha value is -1.28. The number of amides is 1. The summed E-state index contributed by atoms with van der Waals surface area (Å²) in [6, 6.07) is 7.16. The highest BCUT2D eigenvalue weighted by molar-refractivity contribution is 6.30. The minimum Gasteiger partial charge on any atom is -0.346 e. The maximum atomic E-state index is 10.9. The first-order valence-corrected chi connectivity index (χ1v) is 4.66. The summed E-state index contributed by atoms with van der Waals surface area (Å²) in [5, 5.41) is 3.45. The van der Waals surface area contributed by atoms with Crippen molar-refractivity contribution in [2.75, 3.05) is 0 Å². The van der Waals surface area contributed by atoms with Gasteiger partial charge in [-0.15, -0.1) is 6.58 Å². The van der Waals surface area contributed by atoms with Crippen LogP contribution in [-0.4, -0.2) is 5.91 Å². The lowest BCUT2D eigenvalue weighted by Crippen LogP contribution is -2.24. The Bertz CT molecular complexity index is 332. The van der Waals surface area contributed by atoms with Crippen molar-refractivity contribution in [2.45, 2.75) is 13.0 Å². The second-order valence-electron chi connectivity index (χ2n) is 2.97. The number of hydrogen-bond acceptors (Lipinski definition) is 1. The smallest absolute Gasteiger partial charge is 0.217 e. The zero-order valence-electron chi connectivity index (χ0n) is 7.96. The molecule has 74 valence electrons. The predicted molar refractivity (Wildman–Crippen MR) is 58.2 cm³/mol. The molecule has 2 nitrogen and oxygen atoms in total. The van der Waals surface area contributed by atoms with E-state index < -0.39 is 0 Å². The van der Waals surface area contributed by atoms with Crippen LogP contribution < -0.4 is 5.32 Å². The quantitative estimate of drug-likeness (QED) is 0.762. The molecule has 0 spiro atoms. The number of benzene rings is 1. The van der Waals surface area contributed by atoms with Crippen molar-refractivity contribution in [1.29, 1.82) is 0 Å². The molecule has 0 aliphatic carbocycles. The SMILES string of the molecule is C=C[C@@H](NC(C)=O)c1ccc(Cl)cc1. The predicted octanol–water partition coefficient (Wildman–Crippen LogP) is 2.70. The molecule has 1 rings (SSSR count). The highest BCUT2D eigenvalue weighted by Gasteiger charge is 2.07. The maximum Gasteiger partial charge on any atom is 0.217 e. The van der Waals surface area contributed by atoms with Gasteiger partial charge in [-0.25, -0.2) is 0 Å². The normalized spacial score (nSPS) is 11.9. The van der Waals surface area contributed by atoms with Gasteiger partial charge in [0.25, 0.3) is 0 Å². The average molecular weight is 210 g/mol. The summed E-state index contributed by atoms with van der Waals surface area (Å²) in [6.45, 7) is 5.14. The number of carbonyl (C=O) groups excluding carboxylic acids is 1. The molecule has 1 N–H and O–H groups in total. The fraction of sp³-hybridized carbons (Fsp3) is 0.182. The number of nitrogens with one attached hydrogen (secondary N) is 1. The van der Waals surface area contributed by atoms with Gasteiger partial charge in [-0.1, -0.05) is 29.8 Å². The van der Waals surface area contributed by atoms with E-state index in [1.54, 1.807) is 18.2 Å². The Morgan fingerprint density at radius 2 is 2.07 bits per heavy atom. The molecular formula is C11H12ClNO. The van der Waals surface area contributed by atoms with Crippen molar-refractivity contribution < 1.29 is 4.79 Å². The van der Waals surface area contributed by atoms with E-state index in [1.165, 1.54) is 6.92 Å². The molecule has 0 aliphatic rings. The summed E-state index contributed by atoms with van der Waals surface area (Å²) >= 11 is 5.75. The summed E-state index contributed by atoms with van der Waals surface area (Å²) in [5.74, 6) is -0.0788. The van der Waals surface area contributed by atoms with Crippen LogP contribution in [0.2, 0.25) is 5.02 Å². The Morgan fingerprint density at radius 1 is 1.50 bits per heavy atom. The minimum absolute atomic E-state index is 0.0788. The standard InChI is InChI=1S/C11H12ClNO/c1-3-11(13-8(2)14)9-4-6-10(12)7-5-9/h3-7,11H,1H2,2H3,(H,13,14)/t11-/m1/s1. The summed E-state index contributed by atoms with van der Waals surface area (Å²) in [4.78, 5) is 10.9. The zero-order valence-corrected chi connectivity index (χ0v) is 8.71. The third kappa shape index (κ3) is 2.89. The van der Waals surface area contributed by atoms with Gasteiger partial charge < -0.3 is 5.32 Å². The molecule has 0 unspecified atom stereocenters. The van der Waals surface area contributed by atoms with Gasteiger partial charge in [-0.3, -0.25) is 4.79 Å². The lowest BCUT2D eigenvalue weighted by molar-refractivity contribution is -0.119. The molecule has 1 atom stereocenters. The number of hydrogen-bond donors (Lipinski definition) is 1. The third-order valence-corrected chi connectivity index (χ3v) is 2.08. The van der Waals surface area contributed by atoms with Crippen molar-refractivity contribution in [1.82, 2.24) is 5.32 Å². The maximum absolute atomic E-state index is 10.9. The molecule has 0 radical (unpaired) electrons. The molecule has 1 amide bonds. The van der Waals surface area contributed by atoms with E-state index in [4.69, 9.17) is 11.6 Å². The van der Waals surface area contributed by atoms with E-state index in [9.17, 15) is 4.79 Å². The largest absolute Gasteiger partial charge is 0.346 e. The van der Waals surface area contributed by atoms with Gasteiger partial charge in [0.05, 0.1) is 6.04 Å². The Balaban J connectivity index is 2.84. The van der Waals surface area contributed by atoms with Gasteiger partial charge in [0, 0.05) is 11.9 Å². The van der Waals surface area contributed by atoms with Crippen LogP contribution in [0.25, 0.3) is 0 Å². The monoisotopic (exact) mass is 209 g/mol. The lowest BCUT2D eigenvalue weighted by atomic mass is 10.1. The molecule has 0 saturated carbocycles. The van der Waals surface area contributed by atoms with E-state index in [2.05, 4.69) is 11.9 Å². The van der Waals surface area contributed by atoms with Crippen molar-refractivity contribution in [3.8, 4) is 0 Å². The molecular weight excluding hydrogens is 198 g/mol. The second-order valence-corrected chi connectivity index (χ2v) is 3.40. The first-order chi connectivity index (χ1) is 6.63. The van der Waals surface area contributed by atoms with Crippen LogP contribution in [0.3, 0.4) is 0 Å². The van der Waals surface area contributed by atoms with Gasteiger partial charge in [0.2, 0.25) is 5.91 Å². The van der Waals surface area contributed by atoms with Gasteiger partial charge in [0.1, 0.15) is 0 Å². The first kappa shape index (κ1) is 10.8. The lowest BCUT2D eigenvalue weighted by Gasteiger charge is -2.13. The van der Waals surface area contributed by atoms with Crippen molar-refractivity contribution in [3.05, 3.63) is 47.5 Å². The molecule has 1 aromatic rings. The Labute approximate surface area is 88.6 Å². The molecule has 14 heavy (non-hydrogen) atoms. The van der Waals surface area contributed by atoms with Crippen molar-refractivity contribution in [3.63, 3.8) is 0 Å². The van der Waals surface area contributed by atoms with E-state index >= 15 is 0 Å². The zero-order chi connectivity index (χ0) is 10.6. The number of halogens is 1. The van der Waals surface area contributed by atoms with Crippen LogP contribution in [0.1, 0.15) is 18.5 Å². The minimum atomic E-state index is -0.148. The van der Waals surface area contributed by atoms with Gasteiger partial charge >= 0.3 is 0 Å². The third-order valence-electron chi connectivity index (χ3n) is 1.82. The molecule has 0 fully saturated rings. The molecule has 0 heterocycles.